The second-order valence-corrected chi connectivity index (χ2v) is 2.17. The lowest BCUT2D eigenvalue weighted by Crippen LogP contribution is -1.94. The summed E-state index contributed by atoms with van der Waals surface area (Å²) >= 11 is 0. The molecule has 1 aromatic carbocycles. The molecule has 0 N–H and O–H groups in total. The number of rotatable bonds is 2. The molecule has 0 unspecified atom stereocenters. The van der Waals surface area contributed by atoms with Gasteiger partial charge in [0.15, 0.2) is 5.75 Å². The Morgan fingerprint density at radius 1 is 1.77 bits per heavy atom. The molecule has 0 spiro atoms. The lowest BCUT2D eigenvalue weighted by molar-refractivity contribution is -0.385. The first-order valence-corrected chi connectivity index (χ1v) is 3.33. The lowest BCUT2D eigenvalue weighted by Gasteiger charge is -1.99. The van der Waals surface area contributed by atoms with Gasteiger partial charge in [0.1, 0.15) is 6.07 Å². The summed E-state index contributed by atoms with van der Waals surface area (Å²) in [5.74, 6) is 0.101. The first-order chi connectivity index (χ1) is 6.19. The molecule has 0 saturated heterocycles. The highest BCUT2D eigenvalue weighted by Gasteiger charge is 2.14. The zero-order chi connectivity index (χ0) is 9.84. The third-order valence-electron chi connectivity index (χ3n) is 1.43. The van der Waals surface area contributed by atoms with Gasteiger partial charge in [-0.05, 0) is 6.07 Å². The zero-order valence-corrected chi connectivity index (χ0v) is 6.77. The van der Waals surface area contributed by atoms with Crippen LogP contribution in [0.3, 0.4) is 0 Å². The van der Waals surface area contributed by atoms with Gasteiger partial charge in [-0.15, -0.1) is 0 Å². The number of nitro groups is 1. The van der Waals surface area contributed by atoms with E-state index in [0.29, 0.717) is 0 Å². The minimum Gasteiger partial charge on any atom is -0.490 e. The highest BCUT2D eigenvalue weighted by atomic mass is 16.6. The van der Waals surface area contributed by atoms with Crippen molar-refractivity contribution < 1.29 is 9.66 Å². The summed E-state index contributed by atoms with van der Waals surface area (Å²) < 4.78 is 4.72. The first-order valence-electron chi connectivity index (χ1n) is 3.33. The van der Waals surface area contributed by atoms with Gasteiger partial charge in [0.2, 0.25) is 0 Å². The van der Waals surface area contributed by atoms with Crippen LogP contribution in [0.25, 0.3) is 0 Å². The minimum absolute atomic E-state index is 0.101. The van der Waals surface area contributed by atoms with Gasteiger partial charge in [0.05, 0.1) is 17.6 Å². The van der Waals surface area contributed by atoms with E-state index in [4.69, 9.17) is 10.00 Å². The van der Waals surface area contributed by atoms with Crippen molar-refractivity contribution in [2.75, 3.05) is 7.11 Å². The quantitative estimate of drug-likeness (QED) is 0.503. The van der Waals surface area contributed by atoms with Crippen LogP contribution in [-0.2, 0) is 0 Å². The van der Waals surface area contributed by atoms with Gasteiger partial charge < -0.3 is 4.74 Å². The molecule has 0 heterocycles. The average Bonchev–Trinajstić information content (AvgIpc) is 2.16. The van der Waals surface area contributed by atoms with Crippen LogP contribution in [0.5, 0.6) is 5.75 Å². The van der Waals surface area contributed by atoms with E-state index in [2.05, 4.69) is 6.07 Å². The highest BCUT2D eigenvalue weighted by Crippen LogP contribution is 2.26. The maximum atomic E-state index is 10.5. The van der Waals surface area contributed by atoms with Gasteiger partial charge in [-0.1, -0.05) is 0 Å². The van der Waals surface area contributed by atoms with E-state index < -0.39 is 4.92 Å². The van der Waals surface area contributed by atoms with Gasteiger partial charge in [-0.3, -0.25) is 10.1 Å². The van der Waals surface area contributed by atoms with Gasteiger partial charge in [0.25, 0.3) is 0 Å². The number of methoxy groups -OCH3 is 1. The standard InChI is InChI=1S/C8H5N2O3/c1-13-8-3-2-6(5-9)4-7(8)10(11)12/h3-4H,1H3. The molecular formula is C8H5N2O3. The van der Waals surface area contributed by atoms with Crippen LogP contribution in [0.4, 0.5) is 5.69 Å². The van der Waals surface area contributed by atoms with Crippen molar-refractivity contribution in [2.45, 2.75) is 0 Å². The molecule has 0 aliphatic carbocycles. The Hall–Kier alpha value is -2.09. The summed E-state index contributed by atoms with van der Waals surface area (Å²) in [6, 6.07) is 6.70. The smallest absolute Gasteiger partial charge is 0.312 e. The molecule has 0 atom stereocenters. The fourth-order valence-corrected chi connectivity index (χ4v) is 0.837. The van der Waals surface area contributed by atoms with Gasteiger partial charge >= 0.3 is 5.69 Å². The van der Waals surface area contributed by atoms with E-state index >= 15 is 0 Å². The van der Waals surface area contributed by atoms with Crippen molar-refractivity contribution >= 4 is 5.69 Å². The van der Waals surface area contributed by atoms with Crippen molar-refractivity contribution in [3.63, 3.8) is 0 Å². The first kappa shape index (κ1) is 9.00. The van der Waals surface area contributed by atoms with Gasteiger partial charge in [0, 0.05) is 12.1 Å². The maximum Gasteiger partial charge on any atom is 0.312 e. The predicted molar refractivity (Wildman–Crippen MR) is 43.2 cm³/mol. The summed E-state index contributed by atoms with van der Waals surface area (Å²) in [5.41, 5.74) is -0.106. The van der Waals surface area contributed by atoms with Crippen molar-refractivity contribution in [1.29, 1.82) is 5.26 Å². The van der Waals surface area contributed by atoms with E-state index in [-0.39, 0.29) is 17.0 Å². The molecule has 1 radical (unpaired) electrons. The van der Waals surface area contributed by atoms with Crippen molar-refractivity contribution in [2.24, 2.45) is 0 Å². The van der Waals surface area contributed by atoms with E-state index in [9.17, 15) is 10.1 Å². The average molecular weight is 177 g/mol. The summed E-state index contributed by atoms with van der Waals surface area (Å²) in [5, 5.41) is 18.9. The number of ether oxygens (including phenoxy) is 1. The summed E-state index contributed by atoms with van der Waals surface area (Å²) in [7, 11) is 1.32. The van der Waals surface area contributed by atoms with Crippen LogP contribution in [0, 0.1) is 27.5 Å². The van der Waals surface area contributed by atoms with E-state index in [0.717, 1.165) is 6.07 Å². The Bertz CT molecular complexity index is 381. The van der Waals surface area contributed by atoms with Crippen molar-refractivity contribution in [3.8, 4) is 11.8 Å². The molecule has 0 amide bonds. The van der Waals surface area contributed by atoms with E-state index in [1.54, 1.807) is 6.07 Å². The third-order valence-corrected chi connectivity index (χ3v) is 1.43. The Kier molecular flexibility index (Phi) is 2.45. The van der Waals surface area contributed by atoms with Crippen molar-refractivity contribution in [3.05, 3.63) is 33.9 Å². The van der Waals surface area contributed by atoms with E-state index in [1.807, 2.05) is 0 Å². The molecule has 1 aromatic rings. The van der Waals surface area contributed by atoms with Gasteiger partial charge in [-0.2, -0.15) is 5.26 Å². The Labute approximate surface area is 74.3 Å². The monoisotopic (exact) mass is 177 g/mol. The number of hydrogen-bond acceptors (Lipinski definition) is 4. The van der Waals surface area contributed by atoms with Crippen LogP contribution in [0.15, 0.2) is 12.1 Å². The Morgan fingerprint density at radius 3 is 2.92 bits per heavy atom. The normalized spacial score (nSPS) is 8.92. The topological polar surface area (TPSA) is 76.2 Å². The second kappa shape index (κ2) is 3.54. The molecular weight excluding hydrogens is 172 g/mol. The van der Waals surface area contributed by atoms with Crippen LogP contribution >= 0.6 is 0 Å². The van der Waals surface area contributed by atoms with Crippen LogP contribution in [0.1, 0.15) is 5.56 Å². The molecule has 5 heteroatoms. The zero-order valence-electron chi connectivity index (χ0n) is 6.77. The maximum absolute atomic E-state index is 10.5. The minimum atomic E-state index is -0.604. The molecule has 0 saturated carbocycles. The second-order valence-electron chi connectivity index (χ2n) is 2.17. The molecule has 0 aromatic heterocycles. The summed E-state index contributed by atoms with van der Waals surface area (Å²) in [4.78, 5) is 9.85. The molecule has 65 valence electrons. The fraction of sp³-hybridized carbons (Fsp3) is 0.125. The SMILES string of the molecule is COc1c[c]c(C#N)cc1[N+](=O)[O-]. The third kappa shape index (κ3) is 1.73. The number of nitrogens with zero attached hydrogens (tertiary/aromatic N) is 2. The molecule has 13 heavy (non-hydrogen) atoms. The Balaban J connectivity index is 3.28. The van der Waals surface area contributed by atoms with Crippen LogP contribution in [-0.4, -0.2) is 12.0 Å². The predicted octanol–water partition coefficient (Wildman–Crippen LogP) is 1.28. The van der Waals surface area contributed by atoms with E-state index in [1.165, 1.54) is 13.2 Å². The number of hydrogen-bond donors (Lipinski definition) is 0. The van der Waals surface area contributed by atoms with Crippen molar-refractivity contribution in [1.82, 2.24) is 0 Å². The fourth-order valence-electron chi connectivity index (χ4n) is 0.837. The van der Waals surface area contributed by atoms with Crippen LogP contribution in [0.2, 0.25) is 0 Å². The molecule has 1 rings (SSSR count). The number of nitriles is 1. The van der Waals surface area contributed by atoms with Crippen LogP contribution < -0.4 is 4.74 Å². The molecule has 5 nitrogen and oxygen atoms in total. The molecule has 0 aliphatic rings. The number of benzene rings is 1. The molecule has 0 bridgehead atoms. The summed E-state index contributed by atoms with van der Waals surface area (Å²) in [6.07, 6.45) is 0. The van der Waals surface area contributed by atoms with Gasteiger partial charge in [-0.25, -0.2) is 0 Å². The largest absolute Gasteiger partial charge is 0.490 e. The summed E-state index contributed by atoms with van der Waals surface area (Å²) in [6.45, 7) is 0. The lowest BCUT2D eigenvalue weighted by atomic mass is 10.2. The highest BCUT2D eigenvalue weighted by molar-refractivity contribution is 5.50. The number of nitro benzene ring substituents is 1. The Morgan fingerprint density at radius 2 is 2.46 bits per heavy atom. The molecule has 0 aliphatic heterocycles. The molecule has 0 fully saturated rings.